The molecule has 14 heavy (non-hydrogen) atoms. The van der Waals surface area contributed by atoms with Crippen molar-refractivity contribution in [1.29, 1.82) is 0 Å². The van der Waals surface area contributed by atoms with E-state index in [0.29, 0.717) is 18.3 Å². The summed E-state index contributed by atoms with van der Waals surface area (Å²) in [5, 5.41) is 0. The smallest absolute Gasteiger partial charge is 0.219 e. The molecule has 0 unspecified atom stereocenters. The predicted octanol–water partition coefficient (Wildman–Crippen LogP) is 0.864. The van der Waals surface area contributed by atoms with Crippen molar-refractivity contribution in [3.05, 3.63) is 17.6 Å². The Hall–Kier alpha value is -1.16. The van der Waals surface area contributed by atoms with Gasteiger partial charge in [0.1, 0.15) is 5.82 Å². The van der Waals surface area contributed by atoms with E-state index in [0.717, 1.165) is 17.8 Å². The number of hydrogen-bond donors (Lipinski definition) is 1. The zero-order valence-electron chi connectivity index (χ0n) is 8.36. The molecule has 4 nitrogen and oxygen atoms in total. The number of nitrogens with zero attached hydrogens (tertiary/aromatic N) is 2. The Morgan fingerprint density at radius 2 is 2.36 bits per heavy atom. The summed E-state index contributed by atoms with van der Waals surface area (Å²) in [6.45, 7) is 0.600. The SMILES string of the molecule is COc1nc(C2CC2)ncc1CCN. The number of rotatable bonds is 4. The number of aromatic nitrogens is 2. The molecule has 0 aromatic carbocycles. The Bertz CT molecular complexity index is 323. The van der Waals surface area contributed by atoms with Crippen LogP contribution in [0.4, 0.5) is 0 Å². The Kier molecular flexibility index (Phi) is 2.63. The van der Waals surface area contributed by atoms with E-state index in [2.05, 4.69) is 9.97 Å². The molecule has 0 amide bonds. The molecule has 0 aliphatic heterocycles. The summed E-state index contributed by atoms with van der Waals surface area (Å²) in [6.07, 6.45) is 5.03. The van der Waals surface area contributed by atoms with Crippen molar-refractivity contribution in [2.45, 2.75) is 25.2 Å². The van der Waals surface area contributed by atoms with Crippen molar-refractivity contribution >= 4 is 0 Å². The van der Waals surface area contributed by atoms with Gasteiger partial charge >= 0.3 is 0 Å². The molecule has 1 aromatic heterocycles. The normalized spacial score (nSPS) is 15.6. The van der Waals surface area contributed by atoms with Crippen molar-refractivity contribution in [1.82, 2.24) is 9.97 Å². The quantitative estimate of drug-likeness (QED) is 0.770. The van der Waals surface area contributed by atoms with Crippen molar-refractivity contribution in [3.8, 4) is 5.88 Å². The lowest BCUT2D eigenvalue weighted by Crippen LogP contribution is -2.07. The van der Waals surface area contributed by atoms with Crippen LogP contribution in [-0.2, 0) is 6.42 Å². The third-order valence-corrected chi connectivity index (χ3v) is 2.39. The number of ether oxygens (including phenoxy) is 1. The van der Waals surface area contributed by atoms with Gasteiger partial charge in [-0.15, -0.1) is 0 Å². The van der Waals surface area contributed by atoms with Crippen LogP contribution in [-0.4, -0.2) is 23.6 Å². The maximum Gasteiger partial charge on any atom is 0.219 e. The topological polar surface area (TPSA) is 61.0 Å². The molecule has 4 heteroatoms. The van der Waals surface area contributed by atoms with E-state index in [1.165, 1.54) is 12.8 Å². The lowest BCUT2D eigenvalue weighted by atomic mass is 10.2. The van der Waals surface area contributed by atoms with Crippen LogP contribution in [0.1, 0.15) is 30.1 Å². The fraction of sp³-hybridized carbons (Fsp3) is 0.600. The Balaban J connectivity index is 2.24. The largest absolute Gasteiger partial charge is 0.481 e. The summed E-state index contributed by atoms with van der Waals surface area (Å²) in [6, 6.07) is 0. The molecular weight excluding hydrogens is 178 g/mol. The number of hydrogen-bond acceptors (Lipinski definition) is 4. The second-order valence-electron chi connectivity index (χ2n) is 3.58. The molecule has 1 aromatic rings. The summed E-state index contributed by atoms with van der Waals surface area (Å²) >= 11 is 0. The van der Waals surface area contributed by atoms with Crippen LogP contribution in [0, 0.1) is 0 Å². The molecule has 1 heterocycles. The van der Waals surface area contributed by atoms with Crippen LogP contribution in [0.3, 0.4) is 0 Å². The van der Waals surface area contributed by atoms with Crippen LogP contribution < -0.4 is 10.5 Å². The second kappa shape index (κ2) is 3.92. The minimum absolute atomic E-state index is 0.566. The molecule has 0 spiro atoms. The van der Waals surface area contributed by atoms with E-state index in [-0.39, 0.29) is 0 Å². The monoisotopic (exact) mass is 193 g/mol. The number of methoxy groups -OCH3 is 1. The van der Waals surface area contributed by atoms with Gasteiger partial charge in [0.05, 0.1) is 7.11 Å². The summed E-state index contributed by atoms with van der Waals surface area (Å²) in [7, 11) is 1.64. The first-order chi connectivity index (χ1) is 6.85. The fourth-order valence-corrected chi connectivity index (χ4v) is 1.45. The second-order valence-corrected chi connectivity index (χ2v) is 3.58. The minimum atomic E-state index is 0.566. The van der Waals surface area contributed by atoms with Gasteiger partial charge in [0, 0.05) is 17.7 Å². The van der Waals surface area contributed by atoms with Gasteiger partial charge in [0.25, 0.3) is 0 Å². The summed E-state index contributed by atoms with van der Waals surface area (Å²) in [4.78, 5) is 8.70. The maximum absolute atomic E-state index is 5.48. The van der Waals surface area contributed by atoms with Gasteiger partial charge in [-0.3, -0.25) is 0 Å². The highest BCUT2D eigenvalue weighted by molar-refractivity contribution is 5.25. The molecule has 0 saturated heterocycles. The summed E-state index contributed by atoms with van der Waals surface area (Å²) in [5.74, 6) is 2.17. The zero-order valence-corrected chi connectivity index (χ0v) is 8.36. The first-order valence-corrected chi connectivity index (χ1v) is 4.95. The van der Waals surface area contributed by atoms with Gasteiger partial charge < -0.3 is 10.5 Å². The Morgan fingerprint density at radius 1 is 1.57 bits per heavy atom. The van der Waals surface area contributed by atoms with Crippen LogP contribution in [0.25, 0.3) is 0 Å². The van der Waals surface area contributed by atoms with Crippen molar-refractivity contribution in [2.75, 3.05) is 13.7 Å². The molecule has 2 rings (SSSR count). The predicted molar refractivity (Wildman–Crippen MR) is 53.3 cm³/mol. The first kappa shape index (κ1) is 9.40. The van der Waals surface area contributed by atoms with Crippen LogP contribution >= 0.6 is 0 Å². The lowest BCUT2D eigenvalue weighted by Gasteiger charge is -2.07. The lowest BCUT2D eigenvalue weighted by molar-refractivity contribution is 0.389. The molecule has 0 radical (unpaired) electrons. The third-order valence-electron chi connectivity index (χ3n) is 2.39. The van der Waals surface area contributed by atoms with E-state index in [4.69, 9.17) is 10.5 Å². The zero-order chi connectivity index (χ0) is 9.97. The minimum Gasteiger partial charge on any atom is -0.481 e. The molecule has 0 atom stereocenters. The van der Waals surface area contributed by atoms with E-state index < -0.39 is 0 Å². The van der Waals surface area contributed by atoms with E-state index in [1.807, 2.05) is 6.20 Å². The van der Waals surface area contributed by atoms with Gasteiger partial charge in [-0.05, 0) is 25.8 Å². The molecular formula is C10H15N3O. The van der Waals surface area contributed by atoms with Gasteiger partial charge in [0.15, 0.2) is 0 Å². The van der Waals surface area contributed by atoms with E-state index in [9.17, 15) is 0 Å². The average molecular weight is 193 g/mol. The highest BCUT2D eigenvalue weighted by Gasteiger charge is 2.27. The van der Waals surface area contributed by atoms with Crippen molar-refractivity contribution in [2.24, 2.45) is 5.73 Å². The molecule has 1 saturated carbocycles. The van der Waals surface area contributed by atoms with Crippen LogP contribution in [0.2, 0.25) is 0 Å². The third kappa shape index (κ3) is 1.85. The van der Waals surface area contributed by atoms with Gasteiger partial charge in [-0.2, -0.15) is 4.98 Å². The molecule has 76 valence electrons. The standard InChI is InChI=1S/C10H15N3O/c1-14-10-8(4-5-11)6-12-9(13-10)7-2-3-7/h6-7H,2-5,11H2,1H3. The van der Waals surface area contributed by atoms with Gasteiger partial charge in [-0.1, -0.05) is 0 Å². The van der Waals surface area contributed by atoms with Gasteiger partial charge in [-0.25, -0.2) is 4.98 Å². The molecule has 1 aliphatic rings. The maximum atomic E-state index is 5.48. The highest BCUT2D eigenvalue weighted by Crippen LogP contribution is 2.38. The Morgan fingerprint density at radius 3 is 2.93 bits per heavy atom. The van der Waals surface area contributed by atoms with Crippen molar-refractivity contribution in [3.63, 3.8) is 0 Å². The molecule has 1 fully saturated rings. The van der Waals surface area contributed by atoms with Gasteiger partial charge in [0.2, 0.25) is 5.88 Å². The Labute approximate surface area is 83.5 Å². The summed E-state index contributed by atoms with van der Waals surface area (Å²) < 4.78 is 5.21. The van der Waals surface area contributed by atoms with Crippen LogP contribution in [0.15, 0.2) is 6.20 Å². The fourth-order valence-electron chi connectivity index (χ4n) is 1.45. The number of nitrogens with two attached hydrogens (primary N) is 1. The average Bonchev–Trinajstić information content (AvgIpc) is 3.02. The summed E-state index contributed by atoms with van der Waals surface area (Å²) in [5.41, 5.74) is 6.48. The van der Waals surface area contributed by atoms with E-state index in [1.54, 1.807) is 7.11 Å². The molecule has 1 aliphatic carbocycles. The van der Waals surface area contributed by atoms with E-state index >= 15 is 0 Å². The highest BCUT2D eigenvalue weighted by atomic mass is 16.5. The van der Waals surface area contributed by atoms with Crippen molar-refractivity contribution < 1.29 is 4.74 Å². The first-order valence-electron chi connectivity index (χ1n) is 4.95. The van der Waals surface area contributed by atoms with Crippen LogP contribution in [0.5, 0.6) is 5.88 Å². The molecule has 2 N–H and O–H groups in total. The molecule has 0 bridgehead atoms.